The molecule has 6 rings (SSSR count). The predicted octanol–water partition coefficient (Wildman–Crippen LogP) is 3.74. The van der Waals surface area contributed by atoms with E-state index in [1.807, 2.05) is 21.7 Å². The minimum atomic E-state index is 0.0903. The van der Waals surface area contributed by atoms with Crippen LogP contribution in [0.1, 0.15) is 64.5 Å². The van der Waals surface area contributed by atoms with Crippen molar-refractivity contribution in [1.29, 1.82) is 0 Å². The second-order valence-electron chi connectivity index (χ2n) is 8.83. The fourth-order valence-corrected chi connectivity index (χ4v) is 5.08. The molecular formula is C24H25N3O2. The van der Waals surface area contributed by atoms with Crippen molar-refractivity contribution in [2.45, 2.75) is 57.5 Å². The van der Waals surface area contributed by atoms with Gasteiger partial charge >= 0.3 is 0 Å². The third kappa shape index (κ3) is 2.83. The molecule has 2 aliphatic carbocycles. The third-order valence-corrected chi connectivity index (χ3v) is 6.84. The van der Waals surface area contributed by atoms with Crippen LogP contribution < -0.4 is 5.56 Å². The van der Waals surface area contributed by atoms with Crippen molar-refractivity contribution >= 4 is 16.8 Å². The monoisotopic (exact) mass is 387 g/mol. The summed E-state index contributed by atoms with van der Waals surface area (Å²) in [5, 5.41) is 1.21. The first-order chi connectivity index (χ1) is 14.2. The molecule has 0 bridgehead atoms. The zero-order valence-electron chi connectivity index (χ0n) is 16.5. The van der Waals surface area contributed by atoms with Gasteiger partial charge in [-0.05, 0) is 79.8 Å². The van der Waals surface area contributed by atoms with Gasteiger partial charge in [0.1, 0.15) is 0 Å². The molecule has 5 heteroatoms. The Morgan fingerprint density at radius 2 is 1.90 bits per heavy atom. The van der Waals surface area contributed by atoms with Gasteiger partial charge in [0.25, 0.3) is 11.5 Å². The van der Waals surface area contributed by atoms with Crippen molar-refractivity contribution in [2.24, 2.45) is 0 Å². The van der Waals surface area contributed by atoms with Crippen LogP contribution in [0.2, 0.25) is 0 Å². The van der Waals surface area contributed by atoms with Crippen LogP contribution in [0, 0.1) is 0 Å². The summed E-state index contributed by atoms with van der Waals surface area (Å²) in [6.45, 7) is 1.26. The number of rotatable bonds is 2. The molecule has 3 aliphatic rings. The summed E-state index contributed by atoms with van der Waals surface area (Å²) >= 11 is 0. The second-order valence-corrected chi connectivity index (χ2v) is 8.83. The highest BCUT2D eigenvalue weighted by atomic mass is 16.2. The predicted molar refractivity (Wildman–Crippen MR) is 112 cm³/mol. The summed E-state index contributed by atoms with van der Waals surface area (Å²) in [5.41, 5.74) is 6.99. The topological polar surface area (TPSA) is 58.1 Å². The Morgan fingerprint density at radius 1 is 1.03 bits per heavy atom. The number of amides is 1. The number of nitrogens with one attached hydrogen (secondary N) is 1. The highest BCUT2D eigenvalue weighted by molar-refractivity contribution is 5.99. The van der Waals surface area contributed by atoms with Gasteiger partial charge in [-0.1, -0.05) is 0 Å². The van der Waals surface area contributed by atoms with E-state index >= 15 is 0 Å². The molecule has 0 atom stereocenters. The zero-order valence-corrected chi connectivity index (χ0v) is 16.5. The molecule has 0 saturated heterocycles. The van der Waals surface area contributed by atoms with Crippen molar-refractivity contribution in [3.63, 3.8) is 0 Å². The normalized spacial score (nSPS) is 18.6. The van der Waals surface area contributed by atoms with Crippen molar-refractivity contribution in [1.82, 2.24) is 14.5 Å². The molecule has 0 radical (unpaired) electrons. The van der Waals surface area contributed by atoms with Crippen molar-refractivity contribution < 1.29 is 4.79 Å². The number of nitrogens with zero attached hydrogens (tertiary/aromatic N) is 2. The minimum absolute atomic E-state index is 0.0903. The molecule has 1 amide bonds. The summed E-state index contributed by atoms with van der Waals surface area (Å²) < 4.78 is 1.87. The number of fused-ring (bicyclic) bond motifs is 4. The van der Waals surface area contributed by atoms with E-state index in [1.165, 1.54) is 29.5 Å². The molecular weight excluding hydrogens is 362 g/mol. The number of aryl methyl sites for hydroxylation is 2. The van der Waals surface area contributed by atoms with Crippen molar-refractivity contribution in [2.75, 3.05) is 6.54 Å². The van der Waals surface area contributed by atoms with E-state index in [-0.39, 0.29) is 11.5 Å². The number of aromatic amines is 1. The highest BCUT2D eigenvalue weighted by Gasteiger charge is 2.28. The number of pyridine rings is 1. The number of carbonyl (C=O) groups is 1. The van der Waals surface area contributed by atoms with Gasteiger partial charge in [-0.3, -0.25) is 9.59 Å². The lowest BCUT2D eigenvalue weighted by molar-refractivity contribution is 0.0734. The van der Waals surface area contributed by atoms with Crippen LogP contribution in [0.15, 0.2) is 35.3 Å². The maximum atomic E-state index is 13.3. The van der Waals surface area contributed by atoms with Crippen LogP contribution in [0.25, 0.3) is 10.9 Å². The number of carbonyl (C=O) groups excluding carboxylic acids is 1. The number of H-pyrrole nitrogens is 1. The first kappa shape index (κ1) is 17.1. The average molecular weight is 387 g/mol. The summed E-state index contributed by atoms with van der Waals surface area (Å²) in [7, 11) is 0. The van der Waals surface area contributed by atoms with Crippen LogP contribution in [-0.2, 0) is 25.8 Å². The average Bonchev–Trinajstić information content (AvgIpc) is 3.52. The fraction of sp³-hybridized carbons (Fsp3) is 0.417. The molecule has 1 aromatic carbocycles. The number of aromatic nitrogens is 2. The van der Waals surface area contributed by atoms with E-state index in [4.69, 9.17) is 0 Å². The molecule has 0 spiro atoms. The van der Waals surface area contributed by atoms with Crippen LogP contribution in [-0.4, -0.2) is 26.9 Å². The van der Waals surface area contributed by atoms with Gasteiger partial charge in [-0.2, -0.15) is 0 Å². The number of hydrogen-bond donors (Lipinski definition) is 1. The molecule has 148 valence electrons. The molecule has 3 aromatic rings. The molecule has 1 saturated carbocycles. The standard InChI is InChI=1S/C24H25N3O2/c28-23-12-15-9-10-26(13-17(15)14-27(23)18-6-7-18)24(29)16-5-8-22-20(11-16)19-3-1-2-4-21(19)25-22/h5,8,11-12,14,18,25H,1-4,6-7,9-10,13H2. The van der Waals surface area contributed by atoms with Gasteiger partial charge in [-0.25, -0.2) is 0 Å². The molecule has 5 nitrogen and oxygen atoms in total. The van der Waals surface area contributed by atoms with E-state index < -0.39 is 0 Å². The van der Waals surface area contributed by atoms with Gasteiger partial charge in [0.2, 0.25) is 0 Å². The molecule has 1 N–H and O–H groups in total. The molecule has 0 unspecified atom stereocenters. The van der Waals surface area contributed by atoms with Crippen LogP contribution in [0.3, 0.4) is 0 Å². The lowest BCUT2D eigenvalue weighted by atomic mass is 9.95. The molecule has 29 heavy (non-hydrogen) atoms. The summed E-state index contributed by atoms with van der Waals surface area (Å²) in [4.78, 5) is 31.1. The summed E-state index contributed by atoms with van der Waals surface area (Å²) in [5.74, 6) is 0.0903. The largest absolute Gasteiger partial charge is 0.358 e. The Kier molecular flexibility index (Phi) is 3.73. The molecule has 3 heterocycles. The highest BCUT2D eigenvalue weighted by Crippen LogP contribution is 2.34. The Bertz CT molecular complexity index is 1200. The Morgan fingerprint density at radius 3 is 2.76 bits per heavy atom. The van der Waals surface area contributed by atoms with Gasteiger partial charge in [0.15, 0.2) is 0 Å². The van der Waals surface area contributed by atoms with E-state index in [9.17, 15) is 9.59 Å². The minimum Gasteiger partial charge on any atom is -0.358 e. The number of hydrogen-bond acceptors (Lipinski definition) is 2. The Hall–Kier alpha value is -2.82. The van der Waals surface area contributed by atoms with Gasteiger partial charge in [-0.15, -0.1) is 0 Å². The van der Waals surface area contributed by atoms with Crippen molar-refractivity contribution in [3.05, 3.63) is 68.8 Å². The molecule has 1 fully saturated rings. The summed E-state index contributed by atoms with van der Waals surface area (Å²) in [6, 6.07) is 8.24. The van der Waals surface area contributed by atoms with Gasteiger partial charge in [0.05, 0.1) is 0 Å². The Balaban J connectivity index is 1.31. The fourth-order valence-electron chi connectivity index (χ4n) is 5.08. The van der Waals surface area contributed by atoms with E-state index in [1.54, 1.807) is 6.07 Å². The van der Waals surface area contributed by atoms with Crippen molar-refractivity contribution in [3.8, 4) is 0 Å². The maximum absolute atomic E-state index is 13.3. The third-order valence-electron chi connectivity index (χ3n) is 6.84. The van der Waals surface area contributed by atoms with Gasteiger partial charge in [0, 0.05) is 53.6 Å². The maximum Gasteiger partial charge on any atom is 0.254 e. The second kappa shape index (κ2) is 6.34. The lowest BCUT2D eigenvalue weighted by Gasteiger charge is -2.29. The Labute approximate surface area is 169 Å². The van der Waals surface area contributed by atoms with E-state index in [0.29, 0.717) is 19.1 Å². The SMILES string of the molecule is O=C(c1ccc2[nH]c3c(c2c1)CCCC3)N1CCc2cc(=O)n(C3CC3)cc2C1. The quantitative estimate of drug-likeness (QED) is 0.728. The number of benzene rings is 1. The van der Waals surface area contributed by atoms with Crippen LogP contribution in [0.4, 0.5) is 0 Å². The van der Waals surface area contributed by atoms with Crippen LogP contribution >= 0.6 is 0 Å². The molecule has 2 aromatic heterocycles. The first-order valence-corrected chi connectivity index (χ1v) is 10.8. The van der Waals surface area contributed by atoms with E-state index in [2.05, 4.69) is 17.1 Å². The van der Waals surface area contributed by atoms with Crippen LogP contribution in [0.5, 0.6) is 0 Å². The lowest BCUT2D eigenvalue weighted by Crippen LogP contribution is -2.37. The smallest absolute Gasteiger partial charge is 0.254 e. The molecule has 1 aliphatic heterocycles. The first-order valence-electron chi connectivity index (χ1n) is 10.8. The van der Waals surface area contributed by atoms with E-state index in [0.717, 1.165) is 54.3 Å². The zero-order chi connectivity index (χ0) is 19.5. The summed E-state index contributed by atoms with van der Waals surface area (Å²) in [6.07, 6.45) is 9.60. The van der Waals surface area contributed by atoms with Gasteiger partial charge < -0.3 is 14.5 Å².